The van der Waals surface area contributed by atoms with Gasteiger partial charge in [0.1, 0.15) is 0 Å². The van der Waals surface area contributed by atoms with Crippen LogP contribution in [0.3, 0.4) is 0 Å². The Kier molecular flexibility index (Phi) is 6.27. The lowest BCUT2D eigenvalue weighted by Gasteiger charge is -2.18. The molecule has 2 amide bonds. The zero-order valence-electron chi connectivity index (χ0n) is 11.4. The van der Waals surface area contributed by atoms with E-state index in [1.807, 2.05) is 0 Å². The summed E-state index contributed by atoms with van der Waals surface area (Å²) in [6, 6.07) is 3.90. The van der Waals surface area contributed by atoms with Crippen LogP contribution >= 0.6 is 11.6 Å². The van der Waals surface area contributed by atoms with Crippen molar-refractivity contribution < 1.29 is 19.4 Å². The number of aromatic carboxylic acids is 1. The van der Waals surface area contributed by atoms with Crippen LogP contribution in [0, 0.1) is 0 Å². The molecule has 0 aliphatic rings. The molecular formula is C13H17ClN2O4. The lowest BCUT2D eigenvalue weighted by molar-refractivity contribution is 0.0698. The van der Waals surface area contributed by atoms with E-state index in [2.05, 4.69) is 5.32 Å². The van der Waals surface area contributed by atoms with Crippen molar-refractivity contribution in [3.05, 3.63) is 28.8 Å². The number of anilines is 1. The number of methoxy groups -OCH3 is 1. The van der Waals surface area contributed by atoms with E-state index >= 15 is 0 Å². The van der Waals surface area contributed by atoms with E-state index in [4.69, 9.17) is 21.4 Å². The molecule has 1 rings (SSSR count). The van der Waals surface area contributed by atoms with Gasteiger partial charge in [-0.15, -0.1) is 0 Å². The molecule has 0 aliphatic carbocycles. The highest BCUT2D eigenvalue weighted by atomic mass is 35.5. The van der Waals surface area contributed by atoms with Crippen LogP contribution in [0.2, 0.25) is 5.02 Å². The zero-order valence-corrected chi connectivity index (χ0v) is 12.1. The summed E-state index contributed by atoms with van der Waals surface area (Å²) in [7, 11) is 3.22. The van der Waals surface area contributed by atoms with Gasteiger partial charge in [0.25, 0.3) is 0 Å². The molecule has 0 atom stereocenters. The second-order valence-corrected chi connectivity index (χ2v) is 4.63. The van der Waals surface area contributed by atoms with Gasteiger partial charge in [-0.2, -0.15) is 0 Å². The van der Waals surface area contributed by atoms with Crippen molar-refractivity contribution in [2.45, 2.75) is 6.42 Å². The van der Waals surface area contributed by atoms with Crippen molar-refractivity contribution in [3.63, 3.8) is 0 Å². The molecule has 0 heterocycles. The summed E-state index contributed by atoms with van der Waals surface area (Å²) < 4.78 is 4.90. The molecule has 7 heteroatoms. The number of carbonyl (C=O) groups is 2. The highest BCUT2D eigenvalue weighted by Gasteiger charge is 2.15. The number of halogens is 1. The lowest BCUT2D eigenvalue weighted by Crippen LogP contribution is -2.33. The Bertz CT molecular complexity index is 493. The first-order valence-corrected chi connectivity index (χ1v) is 6.37. The van der Waals surface area contributed by atoms with E-state index in [9.17, 15) is 9.59 Å². The summed E-state index contributed by atoms with van der Waals surface area (Å²) in [5, 5.41) is 11.9. The number of carboxylic acid groups (broad SMARTS) is 1. The van der Waals surface area contributed by atoms with E-state index in [0.717, 1.165) is 0 Å². The Hall–Kier alpha value is -1.79. The molecule has 0 spiro atoms. The molecule has 110 valence electrons. The summed E-state index contributed by atoms with van der Waals surface area (Å²) in [6.45, 7) is 1.06. The molecule has 0 fully saturated rings. The van der Waals surface area contributed by atoms with Gasteiger partial charge in [-0.05, 0) is 24.6 Å². The van der Waals surface area contributed by atoms with Gasteiger partial charge < -0.3 is 20.1 Å². The normalized spacial score (nSPS) is 10.2. The summed E-state index contributed by atoms with van der Waals surface area (Å²) >= 11 is 5.74. The van der Waals surface area contributed by atoms with Crippen LogP contribution in [-0.4, -0.2) is 49.3 Å². The number of urea groups is 1. The van der Waals surface area contributed by atoms with Gasteiger partial charge in [0.15, 0.2) is 0 Å². The third kappa shape index (κ3) is 4.71. The van der Waals surface area contributed by atoms with Crippen molar-refractivity contribution in [2.75, 3.05) is 32.6 Å². The van der Waals surface area contributed by atoms with Crippen LogP contribution < -0.4 is 5.32 Å². The molecular weight excluding hydrogens is 284 g/mol. The highest BCUT2D eigenvalue weighted by Crippen LogP contribution is 2.21. The third-order valence-electron chi connectivity index (χ3n) is 2.64. The number of hydrogen-bond acceptors (Lipinski definition) is 3. The average molecular weight is 301 g/mol. The maximum Gasteiger partial charge on any atom is 0.337 e. The summed E-state index contributed by atoms with van der Waals surface area (Å²) in [4.78, 5) is 24.5. The van der Waals surface area contributed by atoms with Crippen molar-refractivity contribution in [2.24, 2.45) is 0 Å². The molecule has 0 radical (unpaired) electrons. The molecule has 0 bridgehead atoms. The van der Waals surface area contributed by atoms with Crippen LogP contribution in [0.5, 0.6) is 0 Å². The smallest absolute Gasteiger partial charge is 0.337 e. The van der Waals surface area contributed by atoms with Crippen molar-refractivity contribution in [1.29, 1.82) is 0 Å². The number of hydrogen-bond donors (Lipinski definition) is 2. The number of nitrogens with zero attached hydrogens (tertiary/aromatic N) is 1. The fourth-order valence-corrected chi connectivity index (χ4v) is 1.73. The minimum Gasteiger partial charge on any atom is -0.478 e. The Morgan fingerprint density at radius 2 is 2.15 bits per heavy atom. The first-order valence-electron chi connectivity index (χ1n) is 5.99. The Balaban J connectivity index is 2.72. The Morgan fingerprint density at radius 3 is 2.75 bits per heavy atom. The number of nitrogens with one attached hydrogen (secondary N) is 1. The number of carboxylic acids is 1. The van der Waals surface area contributed by atoms with E-state index in [1.165, 1.54) is 23.1 Å². The second-order valence-electron chi connectivity index (χ2n) is 4.19. The van der Waals surface area contributed by atoms with Crippen LogP contribution in [-0.2, 0) is 4.74 Å². The molecule has 20 heavy (non-hydrogen) atoms. The summed E-state index contributed by atoms with van der Waals surface area (Å²) in [5.74, 6) is -1.15. The Labute approximate surface area is 122 Å². The predicted octanol–water partition coefficient (Wildman–Crippen LogP) is 2.54. The fraction of sp³-hybridized carbons (Fsp3) is 0.385. The number of benzene rings is 1. The van der Waals surface area contributed by atoms with E-state index < -0.39 is 5.97 Å². The topological polar surface area (TPSA) is 78.9 Å². The maximum absolute atomic E-state index is 11.9. The van der Waals surface area contributed by atoms with Crippen molar-refractivity contribution in [3.8, 4) is 0 Å². The molecule has 0 unspecified atom stereocenters. The fourth-order valence-electron chi connectivity index (χ4n) is 1.56. The van der Waals surface area contributed by atoms with Crippen molar-refractivity contribution >= 4 is 29.3 Å². The van der Waals surface area contributed by atoms with E-state index in [0.29, 0.717) is 24.6 Å². The predicted molar refractivity (Wildman–Crippen MR) is 76.6 cm³/mol. The summed E-state index contributed by atoms with van der Waals surface area (Å²) in [5.41, 5.74) is 0.168. The second kappa shape index (κ2) is 7.72. The van der Waals surface area contributed by atoms with Gasteiger partial charge in [0.2, 0.25) is 0 Å². The molecule has 1 aromatic rings. The lowest BCUT2D eigenvalue weighted by atomic mass is 10.2. The Morgan fingerprint density at radius 1 is 1.45 bits per heavy atom. The maximum atomic E-state index is 11.9. The third-order valence-corrected chi connectivity index (χ3v) is 2.88. The van der Waals surface area contributed by atoms with Gasteiger partial charge in [-0.25, -0.2) is 9.59 Å². The first kappa shape index (κ1) is 16.3. The SMILES string of the molecule is COCCCN(C)C(=O)Nc1ccc(Cl)cc1C(=O)O. The van der Waals surface area contributed by atoms with Gasteiger partial charge >= 0.3 is 12.0 Å². The molecule has 0 saturated heterocycles. The monoisotopic (exact) mass is 300 g/mol. The van der Waals surface area contributed by atoms with Gasteiger partial charge in [-0.1, -0.05) is 11.6 Å². The number of ether oxygens (including phenoxy) is 1. The van der Waals surface area contributed by atoms with Crippen LogP contribution in [0.4, 0.5) is 10.5 Å². The average Bonchev–Trinajstić information content (AvgIpc) is 2.40. The highest BCUT2D eigenvalue weighted by molar-refractivity contribution is 6.31. The number of rotatable bonds is 6. The van der Waals surface area contributed by atoms with Crippen LogP contribution in [0.1, 0.15) is 16.8 Å². The molecule has 1 aromatic carbocycles. The number of amides is 2. The largest absolute Gasteiger partial charge is 0.478 e. The first-order chi connectivity index (χ1) is 9.45. The standard InChI is InChI=1S/C13H17ClN2O4/c1-16(6-3-7-20-2)13(19)15-11-5-4-9(14)8-10(11)12(17)18/h4-5,8H,3,6-7H2,1-2H3,(H,15,19)(H,17,18). The number of carbonyl (C=O) groups excluding carboxylic acids is 1. The molecule has 0 saturated carbocycles. The minimum atomic E-state index is -1.15. The molecule has 2 N–H and O–H groups in total. The van der Waals surface area contributed by atoms with E-state index in [-0.39, 0.29) is 17.3 Å². The van der Waals surface area contributed by atoms with Crippen LogP contribution in [0.25, 0.3) is 0 Å². The minimum absolute atomic E-state index is 0.0452. The van der Waals surface area contributed by atoms with Gasteiger partial charge in [0, 0.05) is 32.3 Å². The zero-order chi connectivity index (χ0) is 15.1. The molecule has 0 aliphatic heterocycles. The summed E-state index contributed by atoms with van der Waals surface area (Å²) in [6.07, 6.45) is 0.701. The van der Waals surface area contributed by atoms with Crippen LogP contribution in [0.15, 0.2) is 18.2 Å². The quantitative estimate of drug-likeness (QED) is 0.791. The van der Waals surface area contributed by atoms with E-state index in [1.54, 1.807) is 14.2 Å². The van der Waals surface area contributed by atoms with Crippen molar-refractivity contribution in [1.82, 2.24) is 4.90 Å². The van der Waals surface area contributed by atoms with Gasteiger partial charge in [0.05, 0.1) is 11.3 Å². The molecule has 6 nitrogen and oxygen atoms in total. The van der Waals surface area contributed by atoms with Gasteiger partial charge in [-0.3, -0.25) is 0 Å². The molecule has 0 aromatic heterocycles.